The van der Waals surface area contributed by atoms with E-state index in [-0.39, 0.29) is 11.7 Å². The maximum absolute atomic E-state index is 12.3. The lowest BCUT2D eigenvalue weighted by Crippen LogP contribution is -2.15. The lowest BCUT2D eigenvalue weighted by Gasteiger charge is -2.19. The molecule has 0 spiro atoms. The van der Waals surface area contributed by atoms with Gasteiger partial charge in [0.05, 0.1) is 0 Å². The van der Waals surface area contributed by atoms with Crippen LogP contribution < -0.4 is 10.6 Å². The molecule has 2 aromatic carbocycles. The summed E-state index contributed by atoms with van der Waals surface area (Å²) in [6.45, 7) is 2.74. The maximum Gasteiger partial charge on any atom is 0.256 e. The van der Waals surface area contributed by atoms with E-state index in [0.717, 1.165) is 30.8 Å². The third-order valence-corrected chi connectivity index (χ3v) is 3.85. The first kappa shape index (κ1) is 13.5. The summed E-state index contributed by atoms with van der Waals surface area (Å²) in [6.07, 6.45) is 2.13. The van der Waals surface area contributed by atoms with Crippen LogP contribution in [0.4, 0.5) is 11.4 Å². The number of hydrogen-bond acceptors (Lipinski definition) is 3. The zero-order chi connectivity index (χ0) is 14.8. The fourth-order valence-electron chi connectivity index (χ4n) is 2.62. The lowest BCUT2D eigenvalue weighted by atomic mass is 10.0. The van der Waals surface area contributed by atoms with E-state index >= 15 is 0 Å². The number of phenols is 1. The van der Waals surface area contributed by atoms with Crippen LogP contribution >= 0.6 is 0 Å². The van der Waals surface area contributed by atoms with Gasteiger partial charge in [-0.2, -0.15) is 0 Å². The van der Waals surface area contributed by atoms with Gasteiger partial charge in [0.15, 0.2) is 0 Å². The van der Waals surface area contributed by atoms with Crippen LogP contribution in [0.25, 0.3) is 0 Å². The van der Waals surface area contributed by atoms with Crippen LogP contribution in [0.3, 0.4) is 0 Å². The number of aromatic hydroxyl groups is 1. The van der Waals surface area contributed by atoms with E-state index in [2.05, 4.69) is 10.6 Å². The molecule has 1 aliphatic rings. The number of hydrogen-bond donors (Lipinski definition) is 3. The van der Waals surface area contributed by atoms with Gasteiger partial charge in [-0.25, -0.2) is 0 Å². The molecule has 3 rings (SSSR count). The molecule has 108 valence electrons. The van der Waals surface area contributed by atoms with E-state index in [9.17, 15) is 9.90 Å². The first-order chi connectivity index (χ1) is 10.1. The highest BCUT2D eigenvalue weighted by molar-refractivity contribution is 6.05. The highest BCUT2D eigenvalue weighted by Crippen LogP contribution is 2.26. The summed E-state index contributed by atoms with van der Waals surface area (Å²) < 4.78 is 0. The van der Waals surface area contributed by atoms with Crippen LogP contribution in [-0.2, 0) is 6.42 Å². The Kier molecular flexibility index (Phi) is 3.52. The number of amides is 1. The third-order valence-electron chi connectivity index (χ3n) is 3.85. The molecule has 0 atom stereocenters. The standard InChI is InChI=1S/C17H18N2O2/c1-11-14(5-2-6-16(11)20)17(21)19-13-7-8-15-12(10-13)4-3-9-18-15/h2,5-8,10,18,20H,3-4,9H2,1H3,(H,19,21). The molecule has 21 heavy (non-hydrogen) atoms. The number of carbonyl (C=O) groups excluding carboxylic acids is 1. The molecule has 0 saturated heterocycles. The Morgan fingerprint density at radius 1 is 1.29 bits per heavy atom. The first-order valence-electron chi connectivity index (χ1n) is 7.12. The lowest BCUT2D eigenvalue weighted by molar-refractivity contribution is 0.102. The second-order valence-electron chi connectivity index (χ2n) is 5.31. The van der Waals surface area contributed by atoms with Crippen LogP contribution in [0.5, 0.6) is 5.75 Å². The van der Waals surface area contributed by atoms with Gasteiger partial charge >= 0.3 is 0 Å². The first-order valence-corrected chi connectivity index (χ1v) is 7.12. The number of phenolic OH excluding ortho intramolecular Hbond substituents is 1. The number of carbonyl (C=O) groups is 1. The van der Waals surface area contributed by atoms with Gasteiger partial charge in [-0.05, 0) is 55.7 Å². The summed E-state index contributed by atoms with van der Waals surface area (Å²) in [5.74, 6) is -0.0654. The molecule has 1 aliphatic heterocycles. The second-order valence-corrected chi connectivity index (χ2v) is 5.31. The fourth-order valence-corrected chi connectivity index (χ4v) is 2.62. The summed E-state index contributed by atoms with van der Waals surface area (Å²) in [4.78, 5) is 12.3. The molecule has 1 amide bonds. The van der Waals surface area contributed by atoms with Crippen molar-refractivity contribution in [1.82, 2.24) is 0 Å². The Hall–Kier alpha value is -2.49. The predicted octanol–water partition coefficient (Wildman–Crippen LogP) is 3.31. The summed E-state index contributed by atoms with van der Waals surface area (Å²) in [5.41, 5.74) is 4.24. The second kappa shape index (κ2) is 5.48. The Labute approximate surface area is 123 Å². The molecular formula is C17H18N2O2. The number of rotatable bonds is 2. The number of fused-ring (bicyclic) bond motifs is 1. The SMILES string of the molecule is Cc1c(O)cccc1C(=O)Nc1ccc2c(c1)CCCN2. The molecule has 0 bridgehead atoms. The largest absolute Gasteiger partial charge is 0.508 e. The van der Waals surface area contributed by atoms with E-state index in [0.29, 0.717) is 11.1 Å². The highest BCUT2D eigenvalue weighted by Gasteiger charge is 2.13. The summed E-state index contributed by atoms with van der Waals surface area (Å²) >= 11 is 0. The minimum atomic E-state index is -0.202. The van der Waals surface area contributed by atoms with Gasteiger partial charge in [-0.1, -0.05) is 6.07 Å². The number of aryl methyl sites for hydroxylation is 1. The number of benzene rings is 2. The van der Waals surface area contributed by atoms with Crippen molar-refractivity contribution in [2.45, 2.75) is 19.8 Å². The van der Waals surface area contributed by atoms with Gasteiger partial charge in [0.2, 0.25) is 0 Å². The molecule has 4 nitrogen and oxygen atoms in total. The minimum Gasteiger partial charge on any atom is -0.508 e. The van der Waals surface area contributed by atoms with Gasteiger partial charge < -0.3 is 15.7 Å². The van der Waals surface area contributed by atoms with Gasteiger partial charge in [-0.15, -0.1) is 0 Å². The van der Waals surface area contributed by atoms with Gasteiger partial charge in [0.25, 0.3) is 5.91 Å². The maximum atomic E-state index is 12.3. The van der Waals surface area contributed by atoms with Crippen molar-refractivity contribution in [3.05, 3.63) is 53.1 Å². The molecular weight excluding hydrogens is 264 g/mol. The Morgan fingerprint density at radius 2 is 2.14 bits per heavy atom. The van der Waals surface area contributed by atoms with Gasteiger partial charge in [0.1, 0.15) is 5.75 Å². The smallest absolute Gasteiger partial charge is 0.256 e. The molecule has 3 N–H and O–H groups in total. The number of nitrogens with one attached hydrogen (secondary N) is 2. The molecule has 0 fully saturated rings. The average molecular weight is 282 g/mol. The molecule has 0 saturated carbocycles. The highest BCUT2D eigenvalue weighted by atomic mass is 16.3. The normalized spacial score (nSPS) is 13.2. The van der Waals surface area contributed by atoms with Crippen molar-refractivity contribution in [3.8, 4) is 5.75 Å². The summed E-state index contributed by atoms with van der Waals surface area (Å²) in [6, 6.07) is 10.9. The molecule has 4 heteroatoms. The van der Waals surface area contributed by atoms with E-state index in [4.69, 9.17) is 0 Å². The van der Waals surface area contributed by atoms with E-state index in [1.165, 1.54) is 5.56 Å². The van der Waals surface area contributed by atoms with Crippen molar-refractivity contribution in [3.63, 3.8) is 0 Å². The molecule has 0 aromatic heterocycles. The summed E-state index contributed by atoms with van der Waals surface area (Å²) in [7, 11) is 0. The Morgan fingerprint density at radius 3 is 3.00 bits per heavy atom. The molecule has 1 heterocycles. The van der Waals surface area contributed by atoms with E-state index in [1.54, 1.807) is 25.1 Å². The van der Waals surface area contributed by atoms with Crippen LogP contribution in [0, 0.1) is 6.92 Å². The summed E-state index contributed by atoms with van der Waals surface area (Å²) in [5, 5.41) is 15.9. The van der Waals surface area contributed by atoms with E-state index in [1.807, 2.05) is 18.2 Å². The zero-order valence-electron chi connectivity index (χ0n) is 11.9. The van der Waals surface area contributed by atoms with Crippen molar-refractivity contribution in [2.24, 2.45) is 0 Å². The average Bonchev–Trinajstić information content (AvgIpc) is 2.50. The monoisotopic (exact) mass is 282 g/mol. The van der Waals surface area contributed by atoms with Crippen molar-refractivity contribution < 1.29 is 9.90 Å². The molecule has 0 unspecified atom stereocenters. The Bertz CT molecular complexity index is 695. The van der Waals surface area contributed by atoms with Crippen LogP contribution in [-0.4, -0.2) is 17.6 Å². The van der Waals surface area contributed by atoms with Crippen molar-refractivity contribution in [2.75, 3.05) is 17.2 Å². The quantitative estimate of drug-likeness (QED) is 0.792. The Balaban J connectivity index is 1.83. The van der Waals surface area contributed by atoms with E-state index < -0.39 is 0 Å². The van der Waals surface area contributed by atoms with Gasteiger partial charge in [0, 0.05) is 29.0 Å². The topological polar surface area (TPSA) is 61.4 Å². The van der Waals surface area contributed by atoms with Crippen LogP contribution in [0.15, 0.2) is 36.4 Å². The van der Waals surface area contributed by atoms with Crippen molar-refractivity contribution >= 4 is 17.3 Å². The minimum absolute atomic E-state index is 0.136. The fraction of sp³-hybridized carbons (Fsp3) is 0.235. The van der Waals surface area contributed by atoms with Gasteiger partial charge in [-0.3, -0.25) is 4.79 Å². The van der Waals surface area contributed by atoms with Crippen LogP contribution in [0.1, 0.15) is 27.9 Å². The molecule has 0 aliphatic carbocycles. The molecule has 0 radical (unpaired) electrons. The molecule has 2 aromatic rings. The third kappa shape index (κ3) is 2.70. The van der Waals surface area contributed by atoms with Crippen molar-refractivity contribution in [1.29, 1.82) is 0 Å². The number of anilines is 2. The predicted molar refractivity (Wildman–Crippen MR) is 84.0 cm³/mol. The van der Waals surface area contributed by atoms with Crippen LogP contribution in [0.2, 0.25) is 0 Å². The zero-order valence-corrected chi connectivity index (χ0v) is 11.9.